The fourth-order valence-electron chi connectivity index (χ4n) is 1.48. The Balaban J connectivity index is 2.70. The van der Waals surface area contributed by atoms with Gasteiger partial charge in [0.2, 0.25) is 0 Å². The van der Waals surface area contributed by atoms with Gasteiger partial charge >= 0.3 is 0 Å². The smallest absolute Gasteiger partial charge is 0.122 e. The average molecular weight is 271 g/mol. The molecule has 0 saturated heterocycles. The second kappa shape index (κ2) is 6.86. The number of nitriles is 1. The zero-order chi connectivity index (χ0) is 12.8. The van der Waals surface area contributed by atoms with E-state index in [1.807, 2.05) is 0 Å². The van der Waals surface area contributed by atoms with Crippen molar-refractivity contribution in [3.8, 4) is 6.07 Å². The van der Waals surface area contributed by atoms with Crippen LogP contribution in [0.25, 0.3) is 0 Å². The molecule has 1 aromatic carbocycles. The molecule has 0 amide bonds. The fraction of sp³-hybridized carbons (Fsp3) is 0.462. The maximum Gasteiger partial charge on any atom is 0.122 e. The maximum atomic E-state index is 9.13. The van der Waals surface area contributed by atoms with Crippen LogP contribution in [0, 0.1) is 17.2 Å². The third-order valence-corrected chi connectivity index (χ3v) is 3.04. The van der Waals surface area contributed by atoms with Crippen molar-refractivity contribution in [2.75, 3.05) is 6.54 Å². The lowest BCUT2D eigenvalue weighted by molar-refractivity contribution is 0.519. The van der Waals surface area contributed by atoms with E-state index < -0.39 is 0 Å². The lowest BCUT2D eigenvalue weighted by Gasteiger charge is -2.14. The first-order valence-electron chi connectivity index (χ1n) is 5.62. The predicted molar refractivity (Wildman–Crippen MR) is 72.3 cm³/mol. The van der Waals surface area contributed by atoms with Gasteiger partial charge in [-0.15, -0.1) is 0 Å². The Morgan fingerprint density at radius 2 is 2.06 bits per heavy atom. The Bertz CT molecular complexity index is 410. The van der Waals surface area contributed by atoms with Crippen molar-refractivity contribution in [1.29, 1.82) is 5.26 Å². The number of benzene rings is 1. The van der Waals surface area contributed by atoms with Crippen molar-refractivity contribution in [2.45, 2.75) is 26.3 Å². The van der Waals surface area contributed by atoms with Crippen LogP contribution in [0.5, 0.6) is 0 Å². The van der Waals surface area contributed by atoms with Crippen LogP contribution in [0.2, 0.25) is 10.0 Å². The van der Waals surface area contributed by atoms with Gasteiger partial charge in [0.15, 0.2) is 0 Å². The molecule has 17 heavy (non-hydrogen) atoms. The van der Waals surface area contributed by atoms with Gasteiger partial charge in [0, 0.05) is 15.6 Å². The van der Waals surface area contributed by atoms with Crippen LogP contribution < -0.4 is 5.32 Å². The van der Waals surface area contributed by atoms with E-state index in [-0.39, 0.29) is 6.04 Å². The number of rotatable bonds is 5. The van der Waals surface area contributed by atoms with E-state index >= 15 is 0 Å². The molecule has 0 saturated carbocycles. The highest BCUT2D eigenvalue weighted by atomic mass is 35.5. The molecule has 0 aliphatic carbocycles. The van der Waals surface area contributed by atoms with Gasteiger partial charge in [-0.1, -0.05) is 43.1 Å². The minimum absolute atomic E-state index is 0.376. The molecule has 92 valence electrons. The molecule has 0 radical (unpaired) electrons. The minimum atomic E-state index is -0.376. The summed E-state index contributed by atoms with van der Waals surface area (Å²) in [6.45, 7) is 5.10. The van der Waals surface area contributed by atoms with Gasteiger partial charge in [-0.05, 0) is 31.0 Å². The highest BCUT2D eigenvalue weighted by Gasteiger charge is 2.13. The fourth-order valence-corrected chi connectivity index (χ4v) is 1.99. The molecule has 0 aliphatic rings. The summed E-state index contributed by atoms with van der Waals surface area (Å²) in [6.07, 6.45) is 1.03. The molecule has 1 N–H and O–H groups in total. The summed E-state index contributed by atoms with van der Waals surface area (Å²) in [4.78, 5) is 0. The molecule has 2 nitrogen and oxygen atoms in total. The number of nitrogens with one attached hydrogen (secondary N) is 1. The molecule has 0 heterocycles. The summed E-state index contributed by atoms with van der Waals surface area (Å²) in [6, 6.07) is 7.04. The van der Waals surface area contributed by atoms with Crippen molar-refractivity contribution in [3.63, 3.8) is 0 Å². The van der Waals surface area contributed by atoms with Gasteiger partial charge in [-0.3, -0.25) is 5.32 Å². The summed E-state index contributed by atoms with van der Waals surface area (Å²) < 4.78 is 0. The second-order valence-electron chi connectivity index (χ2n) is 4.36. The van der Waals surface area contributed by atoms with Crippen molar-refractivity contribution in [3.05, 3.63) is 33.8 Å². The largest absolute Gasteiger partial charge is 0.298 e. The standard InChI is InChI=1S/C13H16Cl2N2/c1-9(2)5-6-17-13(8-16)11-4-3-10(14)7-12(11)15/h3-4,7,9,13,17H,5-6H2,1-2H3. The van der Waals surface area contributed by atoms with E-state index in [2.05, 4.69) is 25.2 Å². The highest BCUT2D eigenvalue weighted by molar-refractivity contribution is 6.35. The SMILES string of the molecule is CC(C)CCNC(C#N)c1ccc(Cl)cc1Cl. The number of nitrogens with zero attached hydrogens (tertiary/aromatic N) is 1. The van der Waals surface area contributed by atoms with Crippen molar-refractivity contribution in [1.82, 2.24) is 5.32 Å². The Kier molecular flexibility index (Phi) is 5.77. The van der Waals surface area contributed by atoms with Gasteiger partial charge in [-0.25, -0.2) is 0 Å². The molecule has 1 rings (SSSR count). The third-order valence-electron chi connectivity index (χ3n) is 2.47. The number of halogens is 2. The number of hydrogen-bond donors (Lipinski definition) is 1. The Labute approximate surface area is 113 Å². The first kappa shape index (κ1) is 14.3. The zero-order valence-electron chi connectivity index (χ0n) is 10.0. The van der Waals surface area contributed by atoms with Crippen molar-refractivity contribution < 1.29 is 0 Å². The van der Waals surface area contributed by atoms with E-state index in [0.717, 1.165) is 18.5 Å². The first-order valence-corrected chi connectivity index (χ1v) is 6.38. The third kappa shape index (κ3) is 4.55. The van der Waals surface area contributed by atoms with Gasteiger partial charge in [0.05, 0.1) is 6.07 Å². The molecule has 0 bridgehead atoms. The van der Waals surface area contributed by atoms with E-state index in [9.17, 15) is 0 Å². The van der Waals surface area contributed by atoms with Crippen LogP contribution in [0.3, 0.4) is 0 Å². The van der Waals surface area contributed by atoms with Crippen molar-refractivity contribution >= 4 is 23.2 Å². The summed E-state index contributed by atoms with van der Waals surface area (Å²) >= 11 is 11.9. The molecule has 0 spiro atoms. The van der Waals surface area contributed by atoms with E-state index in [1.54, 1.807) is 18.2 Å². The van der Waals surface area contributed by atoms with Gasteiger partial charge < -0.3 is 0 Å². The normalized spacial score (nSPS) is 12.5. The molecule has 1 atom stereocenters. The molecule has 4 heteroatoms. The van der Waals surface area contributed by atoms with Crippen LogP contribution in [0.15, 0.2) is 18.2 Å². The zero-order valence-corrected chi connectivity index (χ0v) is 11.5. The minimum Gasteiger partial charge on any atom is -0.298 e. The Morgan fingerprint density at radius 3 is 2.59 bits per heavy atom. The predicted octanol–water partition coefficient (Wildman–Crippen LogP) is 4.19. The monoisotopic (exact) mass is 270 g/mol. The molecular weight excluding hydrogens is 255 g/mol. The lowest BCUT2D eigenvalue weighted by Crippen LogP contribution is -2.22. The van der Waals surface area contributed by atoms with Crippen LogP contribution in [-0.2, 0) is 0 Å². The topological polar surface area (TPSA) is 35.8 Å². The maximum absolute atomic E-state index is 9.13. The van der Waals surface area contributed by atoms with Gasteiger partial charge in [0.25, 0.3) is 0 Å². The average Bonchev–Trinajstić information content (AvgIpc) is 2.25. The van der Waals surface area contributed by atoms with Crippen LogP contribution in [0.1, 0.15) is 31.9 Å². The number of hydrogen-bond acceptors (Lipinski definition) is 2. The second-order valence-corrected chi connectivity index (χ2v) is 5.21. The van der Waals surface area contributed by atoms with Gasteiger partial charge in [0.1, 0.15) is 6.04 Å². The van der Waals surface area contributed by atoms with Gasteiger partial charge in [-0.2, -0.15) is 5.26 Å². The Morgan fingerprint density at radius 1 is 1.35 bits per heavy atom. The van der Waals surface area contributed by atoms with E-state index in [4.69, 9.17) is 28.5 Å². The molecule has 0 fully saturated rings. The summed E-state index contributed by atoms with van der Waals surface area (Å²) in [7, 11) is 0. The van der Waals surface area contributed by atoms with Crippen LogP contribution >= 0.6 is 23.2 Å². The van der Waals surface area contributed by atoms with Crippen LogP contribution in [0.4, 0.5) is 0 Å². The molecule has 1 aromatic rings. The quantitative estimate of drug-likeness (QED) is 0.871. The molecule has 0 aliphatic heterocycles. The first-order chi connectivity index (χ1) is 8.04. The van der Waals surface area contributed by atoms with Crippen LogP contribution in [-0.4, -0.2) is 6.54 Å². The molecule has 0 aromatic heterocycles. The summed E-state index contributed by atoms with van der Waals surface area (Å²) in [5, 5.41) is 13.4. The highest BCUT2D eigenvalue weighted by Crippen LogP contribution is 2.26. The summed E-state index contributed by atoms with van der Waals surface area (Å²) in [5.74, 6) is 0.613. The molecule has 1 unspecified atom stereocenters. The van der Waals surface area contributed by atoms with E-state index in [0.29, 0.717) is 16.0 Å². The Hall–Kier alpha value is -0.750. The summed E-state index contributed by atoms with van der Waals surface area (Å²) in [5.41, 5.74) is 0.780. The van der Waals surface area contributed by atoms with Crippen molar-refractivity contribution in [2.24, 2.45) is 5.92 Å². The van der Waals surface area contributed by atoms with E-state index in [1.165, 1.54) is 0 Å². The molecular formula is C13H16Cl2N2. The lowest BCUT2D eigenvalue weighted by atomic mass is 10.1.